The zero-order chi connectivity index (χ0) is 17.8. The molecule has 130 valence electrons. The van der Waals surface area contributed by atoms with Crippen molar-refractivity contribution < 1.29 is 9.53 Å². The number of aromatic nitrogens is 4. The molecule has 0 unspecified atom stereocenters. The number of hydrogen-bond acceptors (Lipinski definition) is 5. The van der Waals surface area contributed by atoms with Gasteiger partial charge in [0.15, 0.2) is 5.65 Å². The molecule has 1 aromatic carbocycles. The van der Waals surface area contributed by atoms with Crippen molar-refractivity contribution in [1.82, 2.24) is 19.7 Å². The van der Waals surface area contributed by atoms with Crippen molar-refractivity contribution in [3.05, 3.63) is 47.1 Å². The average Bonchev–Trinajstić information content (AvgIpc) is 3.05. The highest BCUT2D eigenvalue weighted by molar-refractivity contribution is 5.94. The van der Waals surface area contributed by atoms with E-state index in [4.69, 9.17) is 4.74 Å². The molecule has 8 heteroatoms. The number of ether oxygens (including phenoxy) is 1. The summed E-state index contributed by atoms with van der Waals surface area (Å²) in [7, 11) is 0. The maximum absolute atomic E-state index is 12.2. The minimum atomic E-state index is -0.462. The van der Waals surface area contributed by atoms with Crippen LogP contribution in [0, 0.1) is 0 Å². The van der Waals surface area contributed by atoms with Crippen molar-refractivity contribution in [1.29, 1.82) is 0 Å². The molecule has 0 aliphatic heterocycles. The van der Waals surface area contributed by atoms with Gasteiger partial charge in [0.25, 0.3) is 11.5 Å². The molecule has 0 spiro atoms. The van der Waals surface area contributed by atoms with Crippen LogP contribution in [-0.4, -0.2) is 38.4 Å². The van der Waals surface area contributed by atoms with Crippen molar-refractivity contribution in [3.63, 3.8) is 0 Å². The number of nitrogens with one attached hydrogen (secondary N) is 2. The molecule has 2 aromatic heterocycles. The lowest BCUT2D eigenvalue weighted by molar-refractivity contribution is -0.127. The summed E-state index contributed by atoms with van der Waals surface area (Å²) in [5, 5.41) is 7.46. The number of rotatable bonds is 6. The van der Waals surface area contributed by atoms with Gasteiger partial charge in [-0.05, 0) is 37.6 Å². The first-order valence-corrected chi connectivity index (χ1v) is 8.08. The van der Waals surface area contributed by atoms with Gasteiger partial charge >= 0.3 is 0 Å². The molecule has 3 aromatic rings. The van der Waals surface area contributed by atoms with Crippen molar-refractivity contribution in [2.24, 2.45) is 0 Å². The summed E-state index contributed by atoms with van der Waals surface area (Å²) in [4.78, 5) is 30.6. The molecular formula is C17H19N5O3. The van der Waals surface area contributed by atoms with Crippen LogP contribution in [0.25, 0.3) is 16.7 Å². The Bertz CT molecular complexity index is 929. The van der Waals surface area contributed by atoms with E-state index in [2.05, 4.69) is 20.4 Å². The first kappa shape index (κ1) is 16.8. The lowest BCUT2D eigenvalue weighted by atomic mass is 10.2. The highest BCUT2D eigenvalue weighted by Gasteiger charge is 2.16. The molecule has 8 nitrogen and oxygen atoms in total. The molecule has 0 saturated heterocycles. The second-order valence-electron chi connectivity index (χ2n) is 5.41. The lowest BCUT2D eigenvalue weighted by Gasteiger charge is -2.15. The lowest BCUT2D eigenvalue weighted by Crippen LogP contribution is -2.29. The maximum Gasteiger partial charge on any atom is 0.261 e. The van der Waals surface area contributed by atoms with E-state index < -0.39 is 6.10 Å². The fourth-order valence-electron chi connectivity index (χ4n) is 2.53. The summed E-state index contributed by atoms with van der Waals surface area (Å²) in [6, 6.07) is 7.14. The summed E-state index contributed by atoms with van der Waals surface area (Å²) in [5.41, 5.74) is 1.64. The van der Waals surface area contributed by atoms with Crippen molar-refractivity contribution in [3.8, 4) is 5.69 Å². The highest BCUT2D eigenvalue weighted by Crippen LogP contribution is 2.17. The van der Waals surface area contributed by atoms with Crippen LogP contribution in [-0.2, 0) is 9.53 Å². The molecule has 2 N–H and O–H groups in total. The molecule has 25 heavy (non-hydrogen) atoms. The number of anilines is 1. The first-order valence-electron chi connectivity index (χ1n) is 8.08. The SMILES string of the molecule is CCO[C@H](CC)C(=O)Nc1ccc(-n2ncc3c(=O)[nH]cnc32)cc1. The highest BCUT2D eigenvalue weighted by atomic mass is 16.5. The molecule has 1 amide bonds. The molecule has 1 atom stereocenters. The van der Waals surface area contributed by atoms with Crippen LogP contribution in [0.15, 0.2) is 41.6 Å². The number of amides is 1. The van der Waals surface area contributed by atoms with Gasteiger partial charge in [0.2, 0.25) is 0 Å². The molecule has 0 bridgehead atoms. The fourth-order valence-corrected chi connectivity index (χ4v) is 2.53. The monoisotopic (exact) mass is 341 g/mol. The van der Waals surface area contributed by atoms with Crippen LogP contribution in [0.1, 0.15) is 20.3 Å². The van der Waals surface area contributed by atoms with Crippen LogP contribution in [0.4, 0.5) is 5.69 Å². The van der Waals surface area contributed by atoms with Crippen LogP contribution < -0.4 is 10.9 Å². The number of fused-ring (bicyclic) bond motifs is 1. The molecule has 0 saturated carbocycles. The van der Waals surface area contributed by atoms with E-state index in [0.29, 0.717) is 29.7 Å². The minimum Gasteiger partial charge on any atom is -0.369 e. The quantitative estimate of drug-likeness (QED) is 0.712. The number of hydrogen-bond donors (Lipinski definition) is 2. The van der Waals surface area contributed by atoms with Gasteiger partial charge in [0.1, 0.15) is 11.5 Å². The maximum atomic E-state index is 12.2. The predicted octanol–water partition coefficient (Wildman–Crippen LogP) is 1.86. The topological polar surface area (TPSA) is 102 Å². The summed E-state index contributed by atoms with van der Waals surface area (Å²) < 4.78 is 6.97. The Labute approximate surface area is 143 Å². The smallest absolute Gasteiger partial charge is 0.261 e. The van der Waals surface area contributed by atoms with Gasteiger partial charge in [0, 0.05) is 12.3 Å². The zero-order valence-electron chi connectivity index (χ0n) is 14.0. The number of benzene rings is 1. The minimum absolute atomic E-state index is 0.171. The van der Waals surface area contributed by atoms with E-state index in [1.807, 2.05) is 13.8 Å². The standard InChI is InChI=1S/C17H19N5O3/c1-3-14(25-4-2)17(24)21-11-5-7-12(8-6-11)22-15-13(9-20-22)16(23)19-10-18-15/h5-10,14H,3-4H2,1-2H3,(H,21,24)(H,18,19,23)/t14-/m1/s1. The van der Waals surface area contributed by atoms with Crippen molar-refractivity contribution in [2.75, 3.05) is 11.9 Å². The molecule has 3 rings (SSSR count). The van der Waals surface area contributed by atoms with E-state index >= 15 is 0 Å². The molecule has 0 aliphatic carbocycles. The second kappa shape index (κ2) is 7.27. The van der Waals surface area contributed by atoms with E-state index in [-0.39, 0.29) is 11.5 Å². The Morgan fingerprint density at radius 1 is 1.32 bits per heavy atom. The Morgan fingerprint density at radius 3 is 2.76 bits per heavy atom. The Balaban J connectivity index is 1.81. The van der Waals surface area contributed by atoms with Crippen LogP contribution in [0.3, 0.4) is 0 Å². The zero-order valence-corrected chi connectivity index (χ0v) is 14.0. The van der Waals surface area contributed by atoms with E-state index in [1.54, 1.807) is 28.9 Å². The van der Waals surface area contributed by atoms with Crippen molar-refractivity contribution in [2.45, 2.75) is 26.4 Å². The number of aromatic amines is 1. The number of H-pyrrole nitrogens is 1. The predicted molar refractivity (Wildman–Crippen MR) is 93.8 cm³/mol. The Kier molecular flexibility index (Phi) is 4.90. The van der Waals surface area contributed by atoms with Gasteiger partial charge in [-0.1, -0.05) is 6.92 Å². The van der Waals surface area contributed by atoms with Gasteiger partial charge in [-0.2, -0.15) is 5.10 Å². The van der Waals surface area contributed by atoms with Gasteiger partial charge in [-0.3, -0.25) is 9.59 Å². The molecule has 0 fully saturated rings. The normalized spacial score (nSPS) is 12.2. The summed E-state index contributed by atoms with van der Waals surface area (Å²) in [6.45, 7) is 4.25. The fraction of sp³-hybridized carbons (Fsp3) is 0.294. The van der Waals surface area contributed by atoms with Gasteiger partial charge in [-0.25, -0.2) is 9.67 Å². The van der Waals surface area contributed by atoms with E-state index in [9.17, 15) is 9.59 Å². The third kappa shape index (κ3) is 3.43. The molecule has 0 radical (unpaired) electrons. The number of nitrogens with zero attached hydrogens (tertiary/aromatic N) is 3. The second-order valence-corrected chi connectivity index (χ2v) is 5.41. The average molecular weight is 341 g/mol. The van der Waals surface area contributed by atoms with Crippen LogP contribution in [0.5, 0.6) is 0 Å². The van der Waals surface area contributed by atoms with Gasteiger partial charge in [0.05, 0.1) is 18.2 Å². The number of carbonyl (C=O) groups excluding carboxylic acids is 1. The van der Waals surface area contributed by atoms with Crippen LogP contribution >= 0.6 is 0 Å². The molecule has 2 heterocycles. The Morgan fingerprint density at radius 2 is 2.08 bits per heavy atom. The summed E-state index contributed by atoms with van der Waals surface area (Å²) >= 11 is 0. The summed E-state index contributed by atoms with van der Waals surface area (Å²) in [6.07, 6.45) is 2.97. The van der Waals surface area contributed by atoms with Crippen LogP contribution in [0.2, 0.25) is 0 Å². The van der Waals surface area contributed by atoms with E-state index in [0.717, 1.165) is 5.69 Å². The van der Waals surface area contributed by atoms with Gasteiger partial charge in [-0.15, -0.1) is 0 Å². The Hall–Kier alpha value is -3.00. The molecule has 0 aliphatic rings. The van der Waals surface area contributed by atoms with E-state index in [1.165, 1.54) is 12.5 Å². The first-order chi connectivity index (χ1) is 12.1. The number of carbonyl (C=O) groups is 1. The summed E-state index contributed by atoms with van der Waals surface area (Å²) in [5.74, 6) is -0.171. The largest absolute Gasteiger partial charge is 0.369 e. The van der Waals surface area contributed by atoms with Gasteiger partial charge < -0.3 is 15.0 Å². The molecular weight excluding hydrogens is 322 g/mol. The van der Waals surface area contributed by atoms with Crippen molar-refractivity contribution >= 4 is 22.6 Å². The third-order valence-electron chi connectivity index (χ3n) is 3.78. The third-order valence-corrected chi connectivity index (χ3v) is 3.78.